The van der Waals surface area contributed by atoms with Gasteiger partial charge in [-0.25, -0.2) is 0 Å². The number of hydrogen-bond donors (Lipinski definition) is 0. The van der Waals surface area contributed by atoms with Gasteiger partial charge in [0, 0.05) is 18.0 Å². The van der Waals surface area contributed by atoms with Gasteiger partial charge in [-0.3, -0.25) is 10.1 Å². The standard InChI is InChI=1S/C14H10Cl3NO3/c1-8-4-11(3-2-9(8)7-15)21-14-12(16)5-10(18(19)20)6-13(14)17/h2-6H,7H2,1H3. The number of halogens is 3. The highest BCUT2D eigenvalue weighted by Crippen LogP contribution is 2.39. The molecule has 0 radical (unpaired) electrons. The van der Waals surface area contributed by atoms with Gasteiger partial charge in [-0.2, -0.15) is 0 Å². The molecule has 0 aromatic heterocycles. The molecule has 2 rings (SSSR count). The number of benzene rings is 2. The molecule has 2 aromatic carbocycles. The highest BCUT2D eigenvalue weighted by Gasteiger charge is 2.16. The summed E-state index contributed by atoms with van der Waals surface area (Å²) in [5.74, 6) is 1.12. The zero-order valence-electron chi connectivity index (χ0n) is 10.9. The van der Waals surface area contributed by atoms with Crippen molar-refractivity contribution in [2.24, 2.45) is 0 Å². The smallest absolute Gasteiger partial charge is 0.272 e. The molecule has 0 fully saturated rings. The Labute approximate surface area is 136 Å². The van der Waals surface area contributed by atoms with Crippen LogP contribution < -0.4 is 4.74 Å². The van der Waals surface area contributed by atoms with Gasteiger partial charge in [-0.1, -0.05) is 29.3 Å². The molecule has 0 saturated heterocycles. The normalized spacial score (nSPS) is 10.5. The zero-order chi connectivity index (χ0) is 15.6. The maximum atomic E-state index is 10.7. The molecule has 7 heteroatoms. The molecule has 0 unspecified atom stereocenters. The van der Waals surface area contributed by atoms with Crippen LogP contribution in [0.25, 0.3) is 0 Å². The van der Waals surface area contributed by atoms with Gasteiger partial charge in [-0.05, 0) is 30.2 Å². The molecule has 0 atom stereocenters. The Bertz CT molecular complexity index is 681. The topological polar surface area (TPSA) is 52.4 Å². The van der Waals surface area contributed by atoms with E-state index < -0.39 is 4.92 Å². The number of non-ortho nitro benzene ring substituents is 1. The highest BCUT2D eigenvalue weighted by molar-refractivity contribution is 6.37. The largest absolute Gasteiger partial charge is 0.454 e. The molecular weight excluding hydrogens is 337 g/mol. The number of ether oxygens (including phenoxy) is 1. The Kier molecular flexibility index (Phi) is 4.93. The van der Waals surface area contributed by atoms with Gasteiger partial charge >= 0.3 is 0 Å². The summed E-state index contributed by atoms with van der Waals surface area (Å²) in [6.45, 7) is 1.91. The number of nitro groups is 1. The van der Waals surface area contributed by atoms with Crippen molar-refractivity contribution in [3.8, 4) is 11.5 Å². The van der Waals surface area contributed by atoms with Crippen LogP contribution >= 0.6 is 34.8 Å². The van der Waals surface area contributed by atoms with Gasteiger partial charge in [0.1, 0.15) is 5.75 Å². The molecular formula is C14H10Cl3NO3. The maximum absolute atomic E-state index is 10.7. The third-order valence-corrected chi connectivity index (χ3v) is 3.72. The first kappa shape index (κ1) is 15.9. The molecule has 0 aliphatic rings. The van der Waals surface area contributed by atoms with Crippen LogP contribution in [0, 0.1) is 17.0 Å². The van der Waals surface area contributed by atoms with E-state index in [1.807, 2.05) is 13.0 Å². The molecule has 0 bridgehead atoms. The highest BCUT2D eigenvalue weighted by atomic mass is 35.5. The number of aryl methyl sites for hydroxylation is 1. The van der Waals surface area contributed by atoms with Gasteiger partial charge < -0.3 is 4.74 Å². The van der Waals surface area contributed by atoms with E-state index in [1.165, 1.54) is 12.1 Å². The molecule has 0 aliphatic carbocycles. The summed E-state index contributed by atoms with van der Waals surface area (Å²) in [5.41, 5.74) is 1.77. The molecule has 110 valence electrons. The summed E-state index contributed by atoms with van der Waals surface area (Å²) >= 11 is 17.8. The number of rotatable bonds is 4. The SMILES string of the molecule is Cc1cc(Oc2c(Cl)cc([N+](=O)[O-])cc2Cl)ccc1CCl. The molecule has 21 heavy (non-hydrogen) atoms. The second-order valence-corrected chi connectivity index (χ2v) is 5.40. The first-order valence-corrected chi connectivity index (χ1v) is 7.18. The fourth-order valence-electron chi connectivity index (χ4n) is 1.75. The van der Waals surface area contributed by atoms with Crippen molar-refractivity contribution in [1.29, 1.82) is 0 Å². The molecule has 4 nitrogen and oxygen atoms in total. The summed E-state index contributed by atoms with van der Waals surface area (Å²) in [5, 5.41) is 10.9. The van der Waals surface area contributed by atoms with Gasteiger partial charge in [0.25, 0.3) is 5.69 Å². The lowest BCUT2D eigenvalue weighted by Crippen LogP contribution is -1.93. The predicted molar refractivity (Wildman–Crippen MR) is 83.9 cm³/mol. The quantitative estimate of drug-likeness (QED) is 0.403. The van der Waals surface area contributed by atoms with Crippen LogP contribution in [0.5, 0.6) is 11.5 Å². The monoisotopic (exact) mass is 345 g/mol. The third kappa shape index (κ3) is 3.59. The minimum atomic E-state index is -0.568. The fourth-order valence-corrected chi connectivity index (χ4v) is 2.60. The average molecular weight is 347 g/mol. The summed E-state index contributed by atoms with van der Waals surface area (Å²) < 4.78 is 5.63. The number of alkyl halides is 1. The van der Waals surface area contributed by atoms with E-state index >= 15 is 0 Å². The van der Waals surface area contributed by atoms with Crippen molar-refractivity contribution in [2.75, 3.05) is 0 Å². The van der Waals surface area contributed by atoms with E-state index in [4.69, 9.17) is 39.5 Å². The van der Waals surface area contributed by atoms with E-state index in [-0.39, 0.29) is 21.5 Å². The molecule has 0 amide bonds. The summed E-state index contributed by atoms with van der Waals surface area (Å²) in [6.07, 6.45) is 0. The van der Waals surface area contributed by atoms with Gasteiger partial charge in [0.15, 0.2) is 5.75 Å². The van der Waals surface area contributed by atoms with Crippen molar-refractivity contribution < 1.29 is 9.66 Å². The lowest BCUT2D eigenvalue weighted by Gasteiger charge is -2.11. The van der Waals surface area contributed by atoms with Crippen LogP contribution in [-0.4, -0.2) is 4.92 Å². The maximum Gasteiger partial charge on any atom is 0.272 e. The van der Waals surface area contributed by atoms with E-state index in [1.54, 1.807) is 12.1 Å². The Morgan fingerprint density at radius 1 is 1.19 bits per heavy atom. The Hall–Kier alpha value is -1.49. The molecule has 2 aromatic rings. The Morgan fingerprint density at radius 3 is 2.29 bits per heavy atom. The Balaban J connectivity index is 2.35. The lowest BCUT2D eigenvalue weighted by atomic mass is 10.1. The second kappa shape index (κ2) is 6.52. The van der Waals surface area contributed by atoms with E-state index in [9.17, 15) is 10.1 Å². The van der Waals surface area contributed by atoms with Crippen molar-refractivity contribution in [3.05, 3.63) is 61.6 Å². The minimum absolute atomic E-state index is 0.0771. The van der Waals surface area contributed by atoms with Crippen molar-refractivity contribution in [1.82, 2.24) is 0 Å². The van der Waals surface area contributed by atoms with Crippen LogP contribution in [0.3, 0.4) is 0 Å². The summed E-state index contributed by atoms with van der Waals surface area (Å²) in [6, 6.07) is 7.76. The second-order valence-electron chi connectivity index (χ2n) is 4.32. The zero-order valence-corrected chi connectivity index (χ0v) is 13.2. The van der Waals surface area contributed by atoms with Crippen LogP contribution in [0.2, 0.25) is 10.0 Å². The number of hydrogen-bond acceptors (Lipinski definition) is 3. The number of nitro benzene ring substituents is 1. The summed E-state index contributed by atoms with van der Waals surface area (Å²) in [7, 11) is 0. The van der Waals surface area contributed by atoms with E-state index in [0.717, 1.165) is 11.1 Å². The van der Waals surface area contributed by atoms with Crippen molar-refractivity contribution in [3.63, 3.8) is 0 Å². The fraction of sp³-hybridized carbons (Fsp3) is 0.143. The molecule has 0 spiro atoms. The van der Waals surface area contributed by atoms with Crippen LogP contribution in [0.15, 0.2) is 30.3 Å². The van der Waals surface area contributed by atoms with Crippen molar-refractivity contribution >= 4 is 40.5 Å². The number of nitrogens with zero attached hydrogens (tertiary/aromatic N) is 1. The third-order valence-electron chi connectivity index (χ3n) is 2.87. The Morgan fingerprint density at radius 2 is 1.81 bits per heavy atom. The lowest BCUT2D eigenvalue weighted by molar-refractivity contribution is -0.384. The van der Waals surface area contributed by atoms with E-state index in [0.29, 0.717) is 11.6 Å². The molecule has 0 saturated carbocycles. The summed E-state index contributed by atoms with van der Waals surface area (Å²) in [4.78, 5) is 10.2. The molecule has 0 aliphatic heterocycles. The minimum Gasteiger partial charge on any atom is -0.454 e. The molecule has 0 heterocycles. The van der Waals surface area contributed by atoms with Crippen molar-refractivity contribution in [2.45, 2.75) is 12.8 Å². The van der Waals surface area contributed by atoms with E-state index in [2.05, 4.69) is 0 Å². The molecule has 0 N–H and O–H groups in total. The van der Waals surface area contributed by atoms with Crippen LogP contribution in [0.1, 0.15) is 11.1 Å². The van der Waals surface area contributed by atoms with Crippen LogP contribution in [0.4, 0.5) is 5.69 Å². The van der Waals surface area contributed by atoms with Gasteiger partial charge in [0.05, 0.1) is 15.0 Å². The first-order chi connectivity index (χ1) is 9.92. The first-order valence-electron chi connectivity index (χ1n) is 5.89. The predicted octanol–water partition coefficient (Wildman–Crippen LogP) is 5.74. The van der Waals surface area contributed by atoms with Gasteiger partial charge in [-0.15, -0.1) is 11.6 Å². The van der Waals surface area contributed by atoms with Gasteiger partial charge in [0.2, 0.25) is 0 Å². The average Bonchev–Trinajstić information content (AvgIpc) is 2.42. The van der Waals surface area contributed by atoms with Crippen LogP contribution in [-0.2, 0) is 5.88 Å².